The number of rotatable bonds is 8. The largest absolute Gasteiger partial charge is 0.490 e. The fourth-order valence-corrected chi connectivity index (χ4v) is 3.51. The third-order valence-corrected chi connectivity index (χ3v) is 5.26. The number of nitrogens with zero attached hydrogens (tertiary/aromatic N) is 1. The summed E-state index contributed by atoms with van der Waals surface area (Å²) in [6, 6.07) is 12.3. The summed E-state index contributed by atoms with van der Waals surface area (Å²) in [5.74, 6) is -1.62. The molecule has 1 N–H and O–H groups in total. The molecular weight excluding hydrogens is 390 g/mol. The van der Waals surface area contributed by atoms with Gasteiger partial charge in [-0.25, -0.2) is 13.6 Å². The predicted molar refractivity (Wildman–Crippen MR) is 110 cm³/mol. The summed E-state index contributed by atoms with van der Waals surface area (Å²) in [6.45, 7) is 3.66. The first kappa shape index (κ1) is 22.0. The molecule has 1 atom stereocenters. The lowest BCUT2D eigenvalue weighted by Crippen LogP contribution is -2.53. The van der Waals surface area contributed by atoms with Crippen molar-refractivity contribution >= 4 is 6.09 Å². The van der Waals surface area contributed by atoms with Gasteiger partial charge in [-0.05, 0) is 37.0 Å². The van der Waals surface area contributed by atoms with Gasteiger partial charge in [0.05, 0.1) is 12.2 Å². The molecule has 1 fully saturated rings. The summed E-state index contributed by atoms with van der Waals surface area (Å²) in [5, 5.41) is 3.22. The molecule has 0 aliphatic carbocycles. The van der Waals surface area contributed by atoms with Crippen molar-refractivity contribution in [1.29, 1.82) is 0 Å². The Bertz CT molecular complexity index is 833. The summed E-state index contributed by atoms with van der Waals surface area (Å²) >= 11 is 0. The van der Waals surface area contributed by atoms with Gasteiger partial charge in [0.15, 0.2) is 11.6 Å². The Hall–Kier alpha value is -2.67. The molecule has 3 rings (SSSR count). The molecule has 1 saturated heterocycles. The smallest absolute Gasteiger partial charge is 0.410 e. The van der Waals surface area contributed by atoms with Crippen molar-refractivity contribution in [3.05, 3.63) is 65.2 Å². The summed E-state index contributed by atoms with van der Waals surface area (Å²) < 4.78 is 39.6. The quantitative estimate of drug-likeness (QED) is 0.650. The fourth-order valence-electron chi connectivity index (χ4n) is 3.51. The summed E-state index contributed by atoms with van der Waals surface area (Å²) in [6.07, 6.45) is 1.72. The lowest BCUT2D eigenvalue weighted by molar-refractivity contribution is 0.0697. The van der Waals surface area contributed by atoms with Crippen molar-refractivity contribution in [1.82, 2.24) is 10.2 Å². The highest BCUT2D eigenvalue weighted by Gasteiger charge is 2.27. The molecule has 1 aliphatic rings. The third-order valence-electron chi connectivity index (χ3n) is 5.26. The van der Waals surface area contributed by atoms with E-state index < -0.39 is 24.3 Å². The molecule has 0 spiro atoms. The minimum atomic E-state index is -0.824. The third kappa shape index (κ3) is 5.69. The van der Waals surface area contributed by atoms with Crippen molar-refractivity contribution in [3.63, 3.8) is 0 Å². The van der Waals surface area contributed by atoms with E-state index in [2.05, 4.69) is 5.32 Å². The highest BCUT2D eigenvalue weighted by atomic mass is 19.1. The van der Waals surface area contributed by atoms with E-state index in [1.54, 1.807) is 4.90 Å². The number of hydrogen-bond acceptors (Lipinski definition) is 4. The molecule has 0 unspecified atom stereocenters. The van der Waals surface area contributed by atoms with E-state index in [1.807, 2.05) is 37.3 Å². The summed E-state index contributed by atoms with van der Waals surface area (Å²) in [4.78, 5) is 14.0. The Morgan fingerprint density at radius 3 is 2.77 bits per heavy atom. The average Bonchev–Trinajstić information content (AvgIpc) is 2.78. The Morgan fingerprint density at radius 2 is 2.00 bits per heavy atom. The van der Waals surface area contributed by atoms with Crippen LogP contribution in [0.3, 0.4) is 0 Å². The van der Waals surface area contributed by atoms with E-state index in [1.165, 1.54) is 11.6 Å². The van der Waals surface area contributed by atoms with E-state index in [9.17, 15) is 13.6 Å². The first-order valence-corrected chi connectivity index (χ1v) is 10.4. The van der Waals surface area contributed by atoms with Crippen LogP contribution in [0.5, 0.6) is 5.75 Å². The molecule has 0 aromatic heterocycles. The minimum Gasteiger partial charge on any atom is -0.490 e. The van der Waals surface area contributed by atoms with Crippen LogP contribution < -0.4 is 10.1 Å². The molecule has 5 nitrogen and oxygen atoms in total. The van der Waals surface area contributed by atoms with Crippen LogP contribution in [-0.2, 0) is 17.8 Å². The lowest BCUT2D eigenvalue weighted by Gasteiger charge is -2.34. The van der Waals surface area contributed by atoms with Crippen LogP contribution in [-0.4, -0.2) is 43.3 Å². The molecule has 1 aliphatic heterocycles. The minimum absolute atomic E-state index is 0.0141. The second kappa shape index (κ2) is 10.9. The number of hydrogen-bond donors (Lipinski definition) is 1. The van der Waals surface area contributed by atoms with Crippen LogP contribution in [0, 0.1) is 11.6 Å². The number of amides is 1. The number of piperazine rings is 1. The van der Waals surface area contributed by atoms with Gasteiger partial charge in [0.2, 0.25) is 0 Å². The second-order valence-electron chi connectivity index (χ2n) is 7.29. The van der Waals surface area contributed by atoms with Crippen LogP contribution >= 0.6 is 0 Å². The number of carbonyl (C=O) groups excluding carboxylic acids is 1. The van der Waals surface area contributed by atoms with E-state index in [-0.39, 0.29) is 17.4 Å². The average molecular weight is 418 g/mol. The number of ether oxygens (including phenoxy) is 2. The molecule has 0 saturated carbocycles. The molecule has 1 heterocycles. The first-order chi connectivity index (χ1) is 14.6. The van der Waals surface area contributed by atoms with E-state index in [0.29, 0.717) is 32.7 Å². The van der Waals surface area contributed by atoms with Crippen LogP contribution in [0.1, 0.15) is 30.9 Å². The number of benzene rings is 2. The van der Waals surface area contributed by atoms with Gasteiger partial charge in [-0.1, -0.05) is 37.3 Å². The molecular formula is C23H28F2N2O3. The highest BCUT2D eigenvalue weighted by Crippen LogP contribution is 2.25. The second-order valence-corrected chi connectivity index (χ2v) is 7.29. The zero-order valence-electron chi connectivity index (χ0n) is 17.2. The zero-order valence-corrected chi connectivity index (χ0v) is 17.2. The van der Waals surface area contributed by atoms with E-state index >= 15 is 0 Å². The maximum Gasteiger partial charge on any atom is 0.410 e. The standard InChI is InChI=1S/C23H28F2N2O3/c1-2-18-15-26-12-13-27(18)23(28)30-16-19-20(24)10-11-21(22(19)25)29-14-6-9-17-7-4-3-5-8-17/h3-5,7-8,10-11,18,26H,2,6,9,12-16H2,1H3/t18-/m1/s1. The molecule has 0 bridgehead atoms. The van der Waals surface area contributed by atoms with Crippen LogP contribution in [0.15, 0.2) is 42.5 Å². The summed E-state index contributed by atoms with van der Waals surface area (Å²) in [5.41, 5.74) is 0.874. The van der Waals surface area contributed by atoms with Gasteiger partial charge >= 0.3 is 6.09 Å². The van der Waals surface area contributed by atoms with E-state index in [4.69, 9.17) is 9.47 Å². The Balaban J connectivity index is 1.55. The summed E-state index contributed by atoms with van der Waals surface area (Å²) in [7, 11) is 0. The van der Waals surface area contributed by atoms with Gasteiger partial charge in [0.25, 0.3) is 0 Å². The van der Waals surface area contributed by atoms with Crippen molar-refractivity contribution in [2.45, 2.75) is 38.8 Å². The first-order valence-electron chi connectivity index (χ1n) is 10.4. The maximum atomic E-state index is 14.7. The molecule has 7 heteroatoms. The fraction of sp³-hybridized carbons (Fsp3) is 0.435. The van der Waals surface area contributed by atoms with Gasteiger partial charge in [-0.15, -0.1) is 0 Å². The van der Waals surface area contributed by atoms with Crippen molar-refractivity contribution < 1.29 is 23.0 Å². The molecule has 162 valence electrons. The van der Waals surface area contributed by atoms with Gasteiger partial charge < -0.3 is 19.7 Å². The topological polar surface area (TPSA) is 50.8 Å². The van der Waals surface area contributed by atoms with Crippen molar-refractivity contribution in [2.24, 2.45) is 0 Å². The molecule has 0 radical (unpaired) electrons. The zero-order chi connectivity index (χ0) is 21.3. The number of halogens is 2. The number of carbonyl (C=O) groups is 1. The SMILES string of the molecule is CC[C@@H]1CNCCN1C(=O)OCc1c(F)ccc(OCCCc2ccccc2)c1F. The number of aryl methyl sites for hydroxylation is 1. The Kier molecular flexibility index (Phi) is 8.02. The Morgan fingerprint density at radius 1 is 1.20 bits per heavy atom. The predicted octanol–water partition coefficient (Wildman–Crippen LogP) is 4.30. The van der Waals surface area contributed by atoms with Crippen molar-refractivity contribution in [2.75, 3.05) is 26.2 Å². The van der Waals surface area contributed by atoms with Gasteiger partial charge in [-0.2, -0.15) is 0 Å². The monoisotopic (exact) mass is 418 g/mol. The molecule has 1 amide bonds. The van der Waals surface area contributed by atoms with Crippen LogP contribution in [0.4, 0.5) is 13.6 Å². The lowest BCUT2D eigenvalue weighted by atomic mass is 10.1. The number of nitrogens with one attached hydrogen (secondary N) is 1. The van der Waals surface area contributed by atoms with Gasteiger partial charge in [-0.3, -0.25) is 0 Å². The molecule has 30 heavy (non-hydrogen) atoms. The van der Waals surface area contributed by atoms with Crippen molar-refractivity contribution in [3.8, 4) is 5.75 Å². The van der Waals surface area contributed by atoms with Crippen LogP contribution in [0.2, 0.25) is 0 Å². The van der Waals surface area contributed by atoms with Crippen LogP contribution in [0.25, 0.3) is 0 Å². The van der Waals surface area contributed by atoms with Gasteiger partial charge in [0, 0.05) is 25.7 Å². The maximum absolute atomic E-state index is 14.7. The van der Waals surface area contributed by atoms with Gasteiger partial charge in [0.1, 0.15) is 12.4 Å². The highest BCUT2D eigenvalue weighted by molar-refractivity contribution is 5.68. The molecule has 2 aromatic carbocycles. The Labute approximate surface area is 176 Å². The normalized spacial score (nSPS) is 16.4. The molecule has 2 aromatic rings. The van der Waals surface area contributed by atoms with E-state index in [0.717, 1.165) is 18.9 Å².